The van der Waals surface area contributed by atoms with Gasteiger partial charge in [0, 0.05) is 11.6 Å². The Balaban J connectivity index is 3.37. The molecule has 0 saturated carbocycles. The Kier molecular flexibility index (Phi) is 3.49. The number of halogens is 4. The Morgan fingerprint density at radius 3 is 2.50 bits per heavy atom. The van der Waals surface area contributed by atoms with E-state index in [1.54, 1.807) is 0 Å². The van der Waals surface area contributed by atoms with Gasteiger partial charge in [-0.2, -0.15) is 13.2 Å². The normalized spacial score (nSPS) is 30.1. The fourth-order valence-electron chi connectivity index (χ4n) is 1.57. The van der Waals surface area contributed by atoms with Crippen LogP contribution in [0.2, 0.25) is 0 Å². The monoisotopic (exact) mass is 300 g/mol. The third-order valence-electron chi connectivity index (χ3n) is 2.35. The van der Waals surface area contributed by atoms with Crippen LogP contribution in [-0.4, -0.2) is 30.0 Å². The van der Waals surface area contributed by atoms with Gasteiger partial charge in [0.15, 0.2) is 0 Å². The maximum Gasteiger partial charge on any atom is 0.423 e. The SMILES string of the molecule is COC1(C(F)(F)F)C(Br)=CC=CC1C(=O)O. The number of hydrogen-bond donors (Lipinski definition) is 1. The minimum absolute atomic E-state index is 0.357. The summed E-state index contributed by atoms with van der Waals surface area (Å²) >= 11 is 2.72. The molecular weight excluding hydrogens is 293 g/mol. The van der Waals surface area contributed by atoms with Gasteiger partial charge in [-0.15, -0.1) is 0 Å². The van der Waals surface area contributed by atoms with Crippen molar-refractivity contribution >= 4 is 21.9 Å². The van der Waals surface area contributed by atoms with E-state index in [2.05, 4.69) is 20.7 Å². The van der Waals surface area contributed by atoms with E-state index in [4.69, 9.17) is 5.11 Å². The average molecular weight is 301 g/mol. The summed E-state index contributed by atoms with van der Waals surface area (Å²) < 4.78 is 43.0. The average Bonchev–Trinajstić information content (AvgIpc) is 2.15. The third-order valence-corrected chi connectivity index (χ3v) is 3.20. The van der Waals surface area contributed by atoms with Gasteiger partial charge in [-0.1, -0.05) is 28.1 Å². The Bertz CT molecular complexity index is 362. The molecule has 1 aliphatic carbocycles. The molecular formula is C9H8BrF3O3. The lowest BCUT2D eigenvalue weighted by molar-refractivity contribution is -0.264. The standard InChI is InChI=1S/C9H8BrF3O3/c1-16-8(9(11,12)13)5(7(14)15)3-2-4-6(8)10/h2-5H,1H3,(H,14,15). The number of ether oxygens (including phenoxy) is 1. The summed E-state index contributed by atoms with van der Waals surface area (Å²) in [7, 11) is 0.831. The fourth-order valence-corrected chi connectivity index (χ4v) is 2.35. The van der Waals surface area contributed by atoms with Crippen molar-refractivity contribution in [2.24, 2.45) is 5.92 Å². The molecule has 0 heterocycles. The maximum atomic E-state index is 13.0. The number of rotatable bonds is 2. The molecule has 1 N–H and O–H groups in total. The first kappa shape index (κ1) is 13.2. The van der Waals surface area contributed by atoms with E-state index >= 15 is 0 Å². The quantitative estimate of drug-likeness (QED) is 0.852. The highest BCUT2D eigenvalue weighted by Gasteiger charge is 2.64. The lowest BCUT2D eigenvalue weighted by Crippen LogP contribution is -2.55. The Morgan fingerprint density at radius 2 is 2.19 bits per heavy atom. The summed E-state index contributed by atoms with van der Waals surface area (Å²) in [4.78, 5) is 10.8. The summed E-state index contributed by atoms with van der Waals surface area (Å²) in [5.41, 5.74) is -2.85. The molecule has 0 bridgehead atoms. The van der Waals surface area contributed by atoms with Crippen molar-refractivity contribution in [2.45, 2.75) is 11.8 Å². The van der Waals surface area contributed by atoms with Crippen LogP contribution in [0.4, 0.5) is 13.2 Å². The molecule has 0 radical (unpaired) electrons. The summed E-state index contributed by atoms with van der Waals surface area (Å²) in [6, 6.07) is 0. The highest BCUT2D eigenvalue weighted by Crippen LogP contribution is 2.48. The number of carbonyl (C=O) groups is 1. The summed E-state index contributed by atoms with van der Waals surface area (Å²) in [5, 5.41) is 8.81. The second-order valence-electron chi connectivity index (χ2n) is 3.15. The lowest BCUT2D eigenvalue weighted by atomic mass is 9.83. The molecule has 90 valence electrons. The molecule has 0 aromatic carbocycles. The van der Waals surface area contributed by atoms with Gasteiger partial charge in [0.1, 0.15) is 5.92 Å². The lowest BCUT2D eigenvalue weighted by Gasteiger charge is -2.38. The van der Waals surface area contributed by atoms with Gasteiger partial charge >= 0.3 is 12.1 Å². The summed E-state index contributed by atoms with van der Waals surface area (Å²) in [6.45, 7) is 0. The van der Waals surface area contributed by atoms with Crippen molar-refractivity contribution in [3.8, 4) is 0 Å². The number of aliphatic carboxylic acids is 1. The molecule has 1 aliphatic rings. The Labute approximate surface area is 97.7 Å². The third kappa shape index (κ3) is 1.78. The van der Waals surface area contributed by atoms with Gasteiger partial charge in [-0.05, 0) is 6.08 Å². The molecule has 0 fully saturated rings. The van der Waals surface area contributed by atoms with Crippen molar-refractivity contribution in [3.05, 3.63) is 22.7 Å². The number of hydrogen-bond acceptors (Lipinski definition) is 2. The van der Waals surface area contributed by atoms with Gasteiger partial charge in [0.2, 0.25) is 5.60 Å². The topological polar surface area (TPSA) is 46.5 Å². The molecule has 3 nitrogen and oxygen atoms in total. The molecule has 2 atom stereocenters. The van der Waals surface area contributed by atoms with Crippen LogP contribution >= 0.6 is 15.9 Å². The van der Waals surface area contributed by atoms with Crippen molar-refractivity contribution in [2.75, 3.05) is 7.11 Å². The molecule has 1 rings (SSSR count). The molecule has 0 saturated heterocycles. The zero-order valence-electron chi connectivity index (χ0n) is 8.08. The van der Waals surface area contributed by atoms with Crippen molar-refractivity contribution < 1.29 is 27.8 Å². The number of alkyl halides is 3. The van der Waals surface area contributed by atoms with E-state index in [0.717, 1.165) is 19.3 Å². The predicted octanol–water partition coefficient (Wildman–Crippen LogP) is 2.48. The molecule has 2 unspecified atom stereocenters. The van der Waals surface area contributed by atoms with Crippen molar-refractivity contribution in [1.29, 1.82) is 0 Å². The zero-order chi connectivity index (χ0) is 12.6. The predicted molar refractivity (Wildman–Crippen MR) is 53.1 cm³/mol. The van der Waals surface area contributed by atoms with Crippen LogP contribution in [-0.2, 0) is 9.53 Å². The van der Waals surface area contributed by atoms with Gasteiger partial charge in [0.25, 0.3) is 0 Å². The van der Waals surface area contributed by atoms with Crippen LogP contribution in [0.25, 0.3) is 0 Å². The Hall–Kier alpha value is -0.820. The minimum Gasteiger partial charge on any atom is -0.481 e. The van der Waals surface area contributed by atoms with Crippen LogP contribution in [0.15, 0.2) is 22.7 Å². The minimum atomic E-state index is -4.83. The summed E-state index contributed by atoms with van der Waals surface area (Å²) in [5.74, 6) is -3.41. The van der Waals surface area contributed by atoms with E-state index in [1.807, 2.05) is 0 Å². The molecule has 0 aromatic rings. The Morgan fingerprint density at radius 1 is 1.62 bits per heavy atom. The molecule has 0 amide bonds. The van der Waals surface area contributed by atoms with E-state index in [1.165, 1.54) is 6.08 Å². The first-order chi connectivity index (χ1) is 7.27. The number of carboxylic acid groups (broad SMARTS) is 1. The fraction of sp³-hybridized carbons (Fsp3) is 0.444. The summed E-state index contributed by atoms with van der Waals surface area (Å²) in [6.07, 6.45) is -1.52. The van der Waals surface area contributed by atoms with Crippen molar-refractivity contribution in [1.82, 2.24) is 0 Å². The van der Waals surface area contributed by atoms with Gasteiger partial charge < -0.3 is 9.84 Å². The molecule has 16 heavy (non-hydrogen) atoms. The zero-order valence-corrected chi connectivity index (χ0v) is 9.67. The second-order valence-corrected chi connectivity index (χ2v) is 4.01. The molecule has 0 aliphatic heterocycles. The van der Waals surface area contributed by atoms with Gasteiger partial charge in [-0.25, -0.2) is 0 Å². The number of allylic oxidation sites excluding steroid dienone is 2. The number of carboxylic acids is 1. The number of methoxy groups -OCH3 is 1. The van der Waals surface area contributed by atoms with Crippen molar-refractivity contribution in [3.63, 3.8) is 0 Å². The van der Waals surface area contributed by atoms with E-state index in [9.17, 15) is 18.0 Å². The largest absolute Gasteiger partial charge is 0.481 e. The van der Waals surface area contributed by atoms with E-state index in [-0.39, 0.29) is 4.48 Å². The molecule has 0 spiro atoms. The first-order valence-corrected chi connectivity index (χ1v) is 4.96. The van der Waals surface area contributed by atoms with Crippen LogP contribution in [0, 0.1) is 5.92 Å². The second kappa shape index (κ2) is 4.21. The highest BCUT2D eigenvalue weighted by molar-refractivity contribution is 9.11. The van der Waals surface area contributed by atoms with E-state index < -0.39 is 23.7 Å². The van der Waals surface area contributed by atoms with Crippen LogP contribution in [0.5, 0.6) is 0 Å². The van der Waals surface area contributed by atoms with Gasteiger partial charge in [0.05, 0.1) is 0 Å². The van der Waals surface area contributed by atoms with Crippen LogP contribution in [0.3, 0.4) is 0 Å². The smallest absolute Gasteiger partial charge is 0.423 e. The first-order valence-electron chi connectivity index (χ1n) is 4.16. The molecule has 0 aromatic heterocycles. The van der Waals surface area contributed by atoms with Crippen LogP contribution < -0.4 is 0 Å². The van der Waals surface area contributed by atoms with Crippen LogP contribution in [0.1, 0.15) is 0 Å². The van der Waals surface area contributed by atoms with Gasteiger partial charge in [-0.3, -0.25) is 4.79 Å². The molecule has 7 heteroatoms. The van der Waals surface area contributed by atoms with E-state index in [0.29, 0.717) is 0 Å². The maximum absolute atomic E-state index is 13.0. The highest BCUT2D eigenvalue weighted by atomic mass is 79.9.